The number of pyridine rings is 6. The highest BCUT2D eigenvalue weighted by molar-refractivity contribution is 7.25. The normalized spacial score (nSPS) is 12.0. The molecule has 0 amide bonds. The third kappa shape index (κ3) is 5.42. The van der Waals surface area contributed by atoms with Crippen LogP contribution in [0.15, 0.2) is 110 Å². The first kappa shape index (κ1) is 34.3. The Bertz CT molecular complexity index is 2980. The first-order chi connectivity index (χ1) is 29.7. The zero-order chi connectivity index (χ0) is 39.3. The molecule has 0 N–H and O–H groups in total. The Morgan fingerprint density at radius 1 is 0.233 bits per heavy atom. The molecule has 12 nitrogen and oxygen atoms in total. The molecule has 0 aliphatic rings. The van der Waals surface area contributed by atoms with Crippen LogP contribution in [0.3, 0.4) is 0 Å². The van der Waals surface area contributed by atoms with Crippen LogP contribution in [0.4, 0.5) is 0 Å². The maximum absolute atomic E-state index is 5.35. The Balaban J connectivity index is 1.32. The molecular formula is C42H18N12S6. The first-order valence-corrected chi connectivity index (χ1v) is 23.2. The monoisotopic (exact) mass is 882 g/mol. The zero-order valence-electron chi connectivity index (χ0n) is 30.2. The van der Waals surface area contributed by atoms with E-state index in [4.69, 9.17) is 59.8 Å². The van der Waals surface area contributed by atoms with E-state index in [1.54, 1.807) is 37.2 Å². The van der Waals surface area contributed by atoms with E-state index in [1.807, 2.05) is 72.8 Å². The zero-order valence-corrected chi connectivity index (χ0v) is 35.1. The Kier molecular flexibility index (Phi) is 7.72. The molecule has 12 heterocycles. The molecule has 12 aromatic heterocycles. The van der Waals surface area contributed by atoms with Crippen molar-refractivity contribution in [2.24, 2.45) is 0 Å². The smallest absolute Gasteiger partial charge is 0.143 e. The molecule has 0 fully saturated rings. The summed E-state index contributed by atoms with van der Waals surface area (Å²) in [6.07, 6.45) is 10.8. The number of thiazole rings is 6. The second-order valence-electron chi connectivity index (χ2n) is 13.3. The maximum atomic E-state index is 5.35. The van der Waals surface area contributed by atoms with Crippen LogP contribution in [-0.4, -0.2) is 59.8 Å². The summed E-state index contributed by atoms with van der Waals surface area (Å²) in [6.45, 7) is 0. The van der Waals surface area contributed by atoms with Gasteiger partial charge in [0.1, 0.15) is 92.1 Å². The van der Waals surface area contributed by atoms with Crippen molar-refractivity contribution >= 4 is 130 Å². The van der Waals surface area contributed by atoms with E-state index in [0.29, 0.717) is 0 Å². The van der Waals surface area contributed by atoms with Gasteiger partial charge in [0, 0.05) is 70.6 Å². The van der Waals surface area contributed by atoms with Gasteiger partial charge in [-0.25, -0.2) is 59.8 Å². The van der Waals surface area contributed by atoms with Gasteiger partial charge in [-0.3, -0.25) is 0 Å². The minimum atomic E-state index is 0.742. The summed E-state index contributed by atoms with van der Waals surface area (Å²) >= 11 is 9.14. The number of benzene rings is 1. The fourth-order valence-corrected chi connectivity index (χ4v) is 13.1. The minimum Gasteiger partial charge on any atom is -0.244 e. The fraction of sp³-hybridized carbons (Fsp3) is 0. The molecule has 13 rings (SSSR count). The standard InChI is InChI=1S/C42H18N12S6/c1-7-19-31(43-13-1)55-37(49-19)25-26(38-50-20-8-2-14-44-32(20)56-38)28(40-52-22-10-4-16-46-34(22)58-40)30(42-54-24-12-6-18-48-36(24)60-42)29(41-53-23-11-5-17-47-35(23)59-41)27(25)39-51-21-9-3-15-45-33(21)57-39/h1-18H. The number of nitrogens with zero attached hydrogens (tertiary/aromatic N) is 12. The predicted octanol–water partition coefficient (Wildman–Crippen LogP) is 11.7. The molecule has 60 heavy (non-hydrogen) atoms. The molecule has 0 unspecified atom stereocenters. The molecule has 0 spiro atoms. The molecule has 0 saturated heterocycles. The summed E-state index contributed by atoms with van der Waals surface area (Å²) in [4.78, 5) is 65.5. The van der Waals surface area contributed by atoms with Gasteiger partial charge >= 0.3 is 0 Å². The Morgan fingerprint density at radius 3 is 0.550 bits per heavy atom. The maximum Gasteiger partial charge on any atom is 0.143 e. The lowest BCUT2D eigenvalue weighted by atomic mass is 9.86. The number of hydrogen-bond donors (Lipinski definition) is 0. The van der Waals surface area contributed by atoms with Gasteiger partial charge in [-0.2, -0.15) is 0 Å². The van der Waals surface area contributed by atoms with Gasteiger partial charge in [0.15, 0.2) is 0 Å². The Labute approximate surface area is 360 Å². The van der Waals surface area contributed by atoms with Crippen LogP contribution >= 0.6 is 68.0 Å². The minimum absolute atomic E-state index is 0.742. The quantitative estimate of drug-likeness (QED) is 0.156. The van der Waals surface area contributed by atoms with Crippen LogP contribution < -0.4 is 0 Å². The van der Waals surface area contributed by atoms with Gasteiger partial charge in [-0.05, 0) is 72.8 Å². The second kappa shape index (κ2) is 13.5. The third-order valence-corrected chi connectivity index (χ3v) is 15.8. The molecule has 18 heteroatoms. The average molecular weight is 883 g/mol. The van der Waals surface area contributed by atoms with Crippen molar-refractivity contribution in [2.75, 3.05) is 0 Å². The van der Waals surface area contributed by atoms with Gasteiger partial charge in [-0.15, -0.1) is 0 Å². The van der Waals surface area contributed by atoms with Crippen molar-refractivity contribution in [3.63, 3.8) is 0 Å². The van der Waals surface area contributed by atoms with E-state index in [9.17, 15) is 0 Å². The first-order valence-electron chi connectivity index (χ1n) is 18.3. The van der Waals surface area contributed by atoms with Gasteiger partial charge < -0.3 is 0 Å². The van der Waals surface area contributed by atoms with Gasteiger partial charge in [0.2, 0.25) is 0 Å². The van der Waals surface area contributed by atoms with Crippen LogP contribution in [0.5, 0.6) is 0 Å². The highest BCUT2D eigenvalue weighted by Gasteiger charge is 2.36. The van der Waals surface area contributed by atoms with Gasteiger partial charge in [-0.1, -0.05) is 68.0 Å². The summed E-state index contributed by atoms with van der Waals surface area (Å²) in [6, 6.07) is 23.4. The summed E-state index contributed by atoms with van der Waals surface area (Å²) in [5.41, 5.74) is 9.63. The van der Waals surface area contributed by atoms with E-state index >= 15 is 0 Å². The number of hydrogen-bond acceptors (Lipinski definition) is 18. The van der Waals surface area contributed by atoms with Crippen LogP contribution in [-0.2, 0) is 0 Å². The van der Waals surface area contributed by atoms with Crippen LogP contribution in [0, 0.1) is 0 Å². The molecule has 0 aliphatic carbocycles. The van der Waals surface area contributed by atoms with E-state index in [1.165, 1.54) is 68.0 Å². The van der Waals surface area contributed by atoms with Crippen LogP contribution in [0.2, 0.25) is 0 Å². The Hall–Kier alpha value is -6.54. The SMILES string of the molecule is c1cnc2sc(-c3c(-c4nc5cccnc5s4)c(-c4nc5cccnc5s4)c(-c4nc5cccnc5s4)c(-c4nc5cccnc5s4)c3-c3nc4cccnc4s3)nc2c1. The van der Waals surface area contributed by atoms with Crippen molar-refractivity contribution in [3.05, 3.63) is 110 Å². The lowest BCUT2D eigenvalue weighted by Gasteiger charge is -2.22. The van der Waals surface area contributed by atoms with Crippen molar-refractivity contribution < 1.29 is 0 Å². The number of aromatic nitrogens is 12. The molecule has 0 atom stereocenters. The van der Waals surface area contributed by atoms with Gasteiger partial charge in [0.05, 0.1) is 0 Å². The lowest BCUT2D eigenvalue weighted by Crippen LogP contribution is -2.01. The average Bonchev–Trinajstić information content (AvgIpc) is 4.15. The number of fused-ring (bicyclic) bond motifs is 6. The fourth-order valence-electron chi connectivity index (χ4n) is 7.29. The van der Waals surface area contributed by atoms with Crippen molar-refractivity contribution in [2.45, 2.75) is 0 Å². The molecule has 1 aromatic carbocycles. The van der Waals surface area contributed by atoms with E-state index < -0.39 is 0 Å². The Morgan fingerprint density at radius 2 is 0.400 bits per heavy atom. The molecule has 282 valence electrons. The van der Waals surface area contributed by atoms with Crippen molar-refractivity contribution in [1.82, 2.24) is 59.8 Å². The van der Waals surface area contributed by atoms with Crippen LogP contribution in [0.1, 0.15) is 0 Å². The molecule has 0 saturated carbocycles. The third-order valence-electron chi connectivity index (χ3n) is 9.78. The van der Waals surface area contributed by atoms with Gasteiger partial charge in [0.25, 0.3) is 0 Å². The highest BCUT2D eigenvalue weighted by Crippen LogP contribution is 2.59. The lowest BCUT2D eigenvalue weighted by molar-refractivity contribution is 1.37. The molecule has 0 radical (unpaired) electrons. The summed E-state index contributed by atoms with van der Waals surface area (Å²) in [5.74, 6) is 0. The largest absolute Gasteiger partial charge is 0.244 e. The van der Waals surface area contributed by atoms with E-state index in [2.05, 4.69) is 0 Å². The highest BCUT2D eigenvalue weighted by atomic mass is 32.1. The molecule has 0 aliphatic heterocycles. The summed E-state index contributed by atoms with van der Waals surface area (Å²) < 4.78 is 0. The van der Waals surface area contributed by atoms with Crippen molar-refractivity contribution in [1.29, 1.82) is 0 Å². The second-order valence-corrected chi connectivity index (χ2v) is 19.2. The molecular weight excluding hydrogens is 865 g/mol. The summed E-state index contributed by atoms with van der Waals surface area (Å²) in [5, 5.41) is 4.45. The molecule has 0 bridgehead atoms. The van der Waals surface area contributed by atoms with Crippen LogP contribution in [0.25, 0.3) is 126 Å². The van der Waals surface area contributed by atoms with Crippen molar-refractivity contribution in [3.8, 4) is 63.4 Å². The topological polar surface area (TPSA) is 155 Å². The molecule has 13 aromatic rings. The summed E-state index contributed by atoms with van der Waals surface area (Å²) in [7, 11) is 0. The predicted molar refractivity (Wildman–Crippen MR) is 245 cm³/mol. The number of rotatable bonds is 6. The van der Waals surface area contributed by atoms with E-state index in [0.717, 1.165) is 126 Å². The van der Waals surface area contributed by atoms with E-state index in [-0.39, 0.29) is 0 Å².